The van der Waals surface area contributed by atoms with Gasteiger partial charge in [-0.1, -0.05) is 0 Å². The van der Waals surface area contributed by atoms with E-state index < -0.39 is 10.0 Å². The second kappa shape index (κ2) is 6.01. The lowest BCUT2D eigenvalue weighted by atomic mass is 10.2. The zero-order chi connectivity index (χ0) is 14.9. The van der Waals surface area contributed by atoms with Gasteiger partial charge in [-0.3, -0.25) is 0 Å². The molecule has 1 aliphatic heterocycles. The number of benzene rings is 1. The Morgan fingerprint density at radius 2 is 1.90 bits per heavy atom. The smallest absolute Gasteiger partial charge is 0.243 e. The fraction of sp³-hybridized carbons (Fsp3) is 0.538. The topological polar surface area (TPSA) is 66.6 Å². The molecule has 0 aromatic heterocycles. The molecule has 0 radical (unpaired) electrons. The molecular weight excluding hydrogens is 342 g/mol. The Kier molecular flexibility index (Phi) is 4.73. The Bertz CT molecular complexity index is 604. The van der Waals surface area contributed by atoms with Gasteiger partial charge in [0.2, 0.25) is 10.0 Å². The molecule has 5 nitrogen and oxygen atoms in total. The van der Waals surface area contributed by atoms with Crippen LogP contribution in [-0.2, 0) is 10.0 Å². The van der Waals surface area contributed by atoms with Crippen molar-refractivity contribution in [2.24, 2.45) is 0 Å². The summed E-state index contributed by atoms with van der Waals surface area (Å²) in [6, 6.07) is 3.30. The third kappa shape index (κ3) is 3.16. The highest BCUT2D eigenvalue weighted by atomic mass is 79.9. The van der Waals surface area contributed by atoms with Crippen molar-refractivity contribution >= 4 is 31.6 Å². The summed E-state index contributed by atoms with van der Waals surface area (Å²) in [5.74, 6) is 0. The van der Waals surface area contributed by atoms with Gasteiger partial charge in [0, 0.05) is 29.8 Å². The Hall–Kier alpha value is -0.630. The maximum atomic E-state index is 12.8. The zero-order valence-corrected chi connectivity index (χ0v) is 14.2. The van der Waals surface area contributed by atoms with Gasteiger partial charge in [-0.25, -0.2) is 8.42 Å². The Morgan fingerprint density at radius 1 is 1.20 bits per heavy atom. The lowest BCUT2D eigenvalue weighted by Crippen LogP contribution is -2.34. The summed E-state index contributed by atoms with van der Waals surface area (Å²) >= 11 is 3.32. The van der Waals surface area contributed by atoms with Crippen LogP contribution in [-0.4, -0.2) is 50.8 Å². The largest absolute Gasteiger partial charge is 0.398 e. The van der Waals surface area contributed by atoms with Crippen LogP contribution in [0.1, 0.15) is 12.0 Å². The van der Waals surface area contributed by atoms with Crippen LogP contribution in [0.3, 0.4) is 0 Å². The third-order valence-electron chi connectivity index (χ3n) is 3.59. The van der Waals surface area contributed by atoms with Crippen molar-refractivity contribution in [3.8, 4) is 0 Å². The van der Waals surface area contributed by atoms with Crippen LogP contribution < -0.4 is 5.73 Å². The average molecular weight is 362 g/mol. The number of likely N-dealkylation sites (N-methyl/N-ethyl adjacent to an activating group) is 1. The molecule has 1 aliphatic rings. The molecule has 0 amide bonds. The van der Waals surface area contributed by atoms with E-state index in [1.165, 1.54) is 0 Å². The quantitative estimate of drug-likeness (QED) is 0.813. The van der Waals surface area contributed by atoms with Crippen LogP contribution in [0.2, 0.25) is 0 Å². The average Bonchev–Trinajstić information content (AvgIpc) is 2.59. The van der Waals surface area contributed by atoms with E-state index in [0.717, 1.165) is 24.0 Å². The highest BCUT2D eigenvalue weighted by Crippen LogP contribution is 2.28. The number of nitrogens with two attached hydrogens (primary N) is 1. The highest BCUT2D eigenvalue weighted by Gasteiger charge is 2.28. The number of hydrogen-bond donors (Lipinski definition) is 1. The Morgan fingerprint density at radius 3 is 2.60 bits per heavy atom. The lowest BCUT2D eigenvalue weighted by Gasteiger charge is -2.21. The zero-order valence-electron chi connectivity index (χ0n) is 11.8. The first kappa shape index (κ1) is 15.8. The van der Waals surface area contributed by atoms with Crippen molar-refractivity contribution in [3.63, 3.8) is 0 Å². The van der Waals surface area contributed by atoms with E-state index in [-0.39, 0.29) is 0 Å². The number of rotatable bonds is 2. The van der Waals surface area contributed by atoms with Crippen molar-refractivity contribution in [3.05, 3.63) is 22.2 Å². The van der Waals surface area contributed by atoms with Gasteiger partial charge in [-0.15, -0.1) is 0 Å². The van der Waals surface area contributed by atoms with E-state index in [1.807, 2.05) is 7.05 Å². The molecule has 2 N–H and O–H groups in total. The van der Waals surface area contributed by atoms with Crippen LogP contribution >= 0.6 is 15.9 Å². The molecule has 7 heteroatoms. The number of halogens is 1. The first-order chi connectivity index (χ1) is 9.32. The Labute approximate surface area is 128 Å². The predicted octanol–water partition coefficient (Wildman–Crippen LogP) is 1.67. The standard InChI is InChI=1S/C13H20BrN3O2S/c1-10-8-11(14)12(15)9-13(10)20(18,19)17-5-3-4-16(2)6-7-17/h8-9H,3-7,15H2,1-2H3. The van der Waals surface area contributed by atoms with E-state index in [4.69, 9.17) is 5.73 Å². The molecule has 0 aliphatic carbocycles. The molecule has 112 valence electrons. The van der Waals surface area contributed by atoms with Crippen LogP contribution in [0, 0.1) is 6.92 Å². The summed E-state index contributed by atoms with van der Waals surface area (Å²) in [5, 5.41) is 0. The summed E-state index contributed by atoms with van der Waals surface area (Å²) < 4.78 is 27.8. The number of hydrogen-bond acceptors (Lipinski definition) is 4. The van der Waals surface area contributed by atoms with E-state index in [1.54, 1.807) is 23.4 Å². The molecule has 0 atom stereocenters. The van der Waals surface area contributed by atoms with Crippen LogP contribution in [0.15, 0.2) is 21.5 Å². The lowest BCUT2D eigenvalue weighted by molar-refractivity contribution is 0.347. The molecule has 2 rings (SSSR count). The minimum Gasteiger partial charge on any atom is -0.398 e. The molecule has 1 aromatic rings. The molecule has 20 heavy (non-hydrogen) atoms. The number of anilines is 1. The van der Waals surface area contributed by atoms with Crippen LogP contribution in [0.25, 0.3) is 0 Å². The van der Waals surface area contributed by atoms with Gasteiger partial charge in [-0.05, 0) is 60.6 Å². The normalized spacial score (nSPS) is 18.9. The molecule has 0 bridgehead atoms. The summed E-state index contributed by atoms with van der Waals surface area (Å²) in [6.45, 7) is 4.55. The molecule has 1 saturated heterocycles. The van der Waals surface area contributed by atoms with E-state index in [0.29, 0.717) is 29.2 Å². The van der Waals surface area contributed by atoms with Gasteiger partial charge < -0.3 is 10.6 Å². The van der Waals surface area contributed by atoms with E-state index >= 15 is 0 Å². The molecule has 0 unspecified atom stereocenters. The predicted molar refractivity (Wildman–Crippen MR) is 84.2 cm³/mol. The fourth-order valence-electron chi connectivity index (χ4n) is 2.35. The van der Waals surface area contributed by atoms with Crippen LogP contribution in [0.4, 0.5) is 5.69 Å². The molecular formula is C13H20BrN3O2S. The molecule has 0 spiro atoms. The van der Waals surface area contributed by atoms with Crippen molar-refractivity contribution < 1.29 is 8.42 Å². The summed E-state index contributed by atoms with van der Waals surface area (Å²) in [7, 11) is -1.46. The van der Waals surface area contributed by atoms with Crippen molar-refractivity contribution in [1.29, 1.82) is 0 Å². The van der Waals surface area contributed by atoms with Gasteiger partial charge in [0.05, 0.1) is 4.90 Å². The maximum Gasteiger partial charge on any atom is 0.243 e. The summed E-state index contributed by atoms with van der Waals surface area (Å²) in [6.07, 6.45) is 0.848. The number of sulfonamides is 1. The SMILES string of the molecule is Cc1cc(Br)c(N)cc1S(=O)(=O)N1CCCN(C)CC1. The number of nitrogens with zero attached hydrogens (tertiary/aromatic N) is 2. The first-order valence-electron chi connectivity index (χ1n) is 6.56. The molecule has 1 heterocycles. The first-order valence-corrected chi connectivity index (χ1v) is 8.80. The van der Waals surface area contributed by atoms with Crippen LogP contribution in [0.5, 0.6) is 0 Å². The second-order valence-electron chi connectivity index (χ2n) is 5.20. The molecule has 0 saturated carbocycles. The van der Waals surface area contributed by atoms with Gasteiger partial charge in [0.15, 0.2) is 0 Å². The minimum absolute atomic E-state index is 0.308. The molecule has 1 fully saturated rings. The summed E-state index contributed by atoms with van der Waals surface area (Å²) in [4.78, 5) is 2.46. The Balaban J connectivity index is 2.37. The van der Waals surface area contributed by atoms with E-state index in [2.05, 4.69) is 20.8 Å². The van der Waals surface area contributed by atoms with Crippen molar-refractivity contribution in [2.45, 2.75) is 18.2 Å². The molecule has 1 aromatic carbocycles. The van der Waals surface area contributed by atoms with Crippen molar-refractivity contribution in [2.75, 3.05) is 39.0 Å². The second-order valence-corrected chi connectivity index (χ2v) is 7.96. The highest BCUT2D eigenvalue weighted by molar-refractivity contribution is 9.10. The maximum absolute atomic E-state index is 12.8. The minimum atomic E-state index is -3.47. The number of aryl methyl sites for hydroxylation is 1. The van der Waals surface area contributed by atoms with Crippen molar-refractivity contribution in [1.82, 2.24) is 9.21 Å². The van der Waals surface area contributed by atoms with Gasteiger partial charge in [-0.2, -0.15) is 4.31 Å². The summed E-state index contributed by atoms with van der Waals surface area (Å²) in [5.41, 5.74) is 6.99. The van der Waals surface area contributed by atoms with Gasteiger partial charge >= 0.3 is 0 Å². The van der Waals surface area contributed by atoms with E-state index in [9.17, 15) is 8.42 Å². The third-order valence-corrected chi connectivity index (χ3v) is 6.32. The fourth-order valence-corrected chi connectivity index (χ4v) is 4.52. The van der Waals surface area contributed by atoms with Gasteiger partial charge in [0.25, 0.3) is 0 Å². The number of nitrogen functional groups attached to an aromatic ring is 1. The monoisotopic (exact) mass is 361 g/mol. The van der Waals surface area contributed by atoms with Gasteiger partial charge in [0.1, 0.15) is 0 Å².